The topological polar surface area (TPSA) is 35.6 Å². The van der Waals surface area contributed by atoms with Gasteiger partial charge in [-0.15, -0.1) is 0 Å². The van der Waals surface area contributed by atoms with Crippen LogP contribution in [0.15, 0.2) is 207 Å². The number of fused-ring (bicyclic) bond motifs is 9. The van der Waals surface area contributed by atoms with E-state index in [4.69, 9.17) is 9.97 Å². The van der Waals surface area contributed by atoms with Gasteiger partial charge in [0.2, 0.25) is 5.95 Å². The molecule has 0 radical (unpaired) electrons. The van der Waals surface area contributed by atoms with Crippen LogP contribution in [-0.2, 0) is 0 Å². The van der Waals surface area contributed by atoms with Crippen LogP contribution in [-0.4, -0.2) is 19.1 Å². The maximum atomic E-state index is 5.37. The number of nitrogens with zero attached hydrogens (tertiary/aromatic N) is 4. The summed E-state index contributed by atoms with van der Waals surface area (Å²) in [7, 11) is 0. The summed E-state index contributed by atoms with van der Waals surface area (Å²) in [4.78, 5) is 10.6. The Kier molecular flexibility index (Phi) is 7.93. The summed E-state index contributed by atoms with van der Waals surface area (Å²) in [5, 5.41) is 8.19. The molecule has 0 N–H and O–H groups in total. The van der Waals surface area contributed by atoms with E-state index in [1.54, 1.807) is 0 Å². The first-order valence-electron chi connectivity index (χ1n) is 19.6. The van der Waals surface area contributed by atoms with Gasteiger partial charge in [-0.25, -0.2) is 9.97 Å². The number of para-hydroxylation sites is 3. The Labute approximate surface area is 335 Å². The largest absolute Gasteiger partial charge is 0.316 e. The highest BCUT2D eigenvalue weighted by molar-refractivity contribution is 6.24. The monoisotopic (exact) mass is 740 g/mol. The highest BCUT2D eigenvalue weighted by Gasteiger charge is 2.21. The fraction of sp³-hybridized carbons (Fsp3) is 0. The molecule has 0 aliphatic rings. The summed E-state index contributed by atoms with van der Waals surface area (Å²) < 4.78 is 4.55. The van der Waals surface area contributed by atoms with Crippen molar-refractivity contribution in [1.82, 2.24) is 19.1 Å². The standard InChI is InChI=1S/C54H36N4/c1-2-36(37-18-5-3-6-19-37)22-17-33-57-48-29-15-12-24-41(48)46-34-39(31-32-49(46)57)45-35-51-52(42-25-10-9-23-40(42)45)44-27-13-16-30-50(44)58(51)54-55-47-28-14-11-26-43(47)53(56-54)38-20-7-4-8-21-38/h2-35H,1H2/b33-17+,36-22+. The lowest BCUT2D eigenvalue weighted by molar-refractivity contribution is 1.01. The van der Waals surface area contributed by atoms with Gasteiger partial charge in [0, 0.05) is 38.7 Å². The van der Waals surface area contributed by atoms with E-state index in [-0.39, 0.29) is 0 Å². The summed E-state index contributed by atoms with van der Waals surface area (Å²) >= 11 is 0. The fourth-order valence-corrected chi connectivity index (χ4v) is 8.74. The van der Waals surface area contributed by atoms with E-state index >= 15 is 0 Å². The summed E-state index contributed by atoms with van der Waals surface area (Å²) in [6, 6.07) is 64.4. The average molecular weight is 741 g/mol. The summed E-state index contributed by atoms with van der Waals surface area (Å²) in [6.45, 7) is 4.08. The van der Waals surface area contributed by atoms with E-state index in [1.165, 1.54) is 32.3 Å². The van der Waals surface area contributed by atoms with Gasteiger partial charge < -0.3 is 4.57 Å². The molecule has 0 fully saturated rings. The maximum Gasteiger partial charge on any atom is 0.235 e. The molecule has 0 unspecified atom stereocenters. The molecule has 0 aliphatic carbocycles. The zero-order valence-corrected chi connectivity index (χ0v) is 31.6. The van der Waals surface area contributed by atoms with Crippen LogP contribution in [0.2, 0.25) is 0 Å². The lowest BCUT2D eigenvalue weighted by atomic mass is 9.94. The second-order valence-corrected chi connectivity index (χ2v) is 14.6. The van der Waals surface area contributed by atoms with E-state index in [9.17, 15) is 0 Å². The zero-order chi connectivity index (χ0) is 38.6. The van der Waals surface area contributed by atoms with E-state index in [0.29, 0.717) is 5.95 Å². The molecule has 0 aliphatic heterocycles. The molecule has 3 aromatic heterocycles. The minimum absolute atomic E-state index is 0.649. The lowest BCUT2D eigenvalue weighted by Gasteiger charge is -2.13. The SMILES string of the molecule is C=C/C(=C\C=C\n1c2ccccc2c2cc(-c3cc4c(c5ccccc35)c3ccccc3n4-c3nc(-c4ccccc4)c4ccccc4n3)ccc21)c1ccccc1. The molecule has 3 heterocycles. The van der Waals surface area contributed by atoms with Crippen LogP contribution in [0, 0.1) is 0 Å². The first-order valence-corrected chi connectivity index (χ1v) is 19.6. The van der Waals surface area contributed by atoms with Gasteiger partial charge >= 0.3 is 0 Å². The molecule has 11 rings (SSSR count). The van der Waals surface area contributed by atoms with Gasteiger partial charge in [-0.2, -0.15) is 0 Å². The number of benzene rings is 8. The zero-order valence-electron chi connectivity index (χ0n) is 31.6. The molecule has 4 heteroatoms. The minimum atomic E-state index is 0.649. The van der Waals surface area contributed by atoms with Crippen LogP contribution < -0.4 is 0 Å². The molecule has 0 atom stereocenters. The number of hydrogen-bond donors (Lipinski definition) is 0. The molecule has 0 spiro atoms. The smallest absolute Gasteiger partial charge is 0.235 e. The molecule has 4 nitrogen and oxygen atoms in total. The summed E-state index contributed by atoms with van der Waals surface area (Å²) in [6.07, 6.45) is 8.30. The molecule has 272 valence electrons. The van der Waals surface area contributed by atoms with Gasteiger partial charge in [-0.3, -0.25) is 4.57 Å². The molecular weight excluding hydrogens is 705 g/mol. The summed E-state index contributed by atoms with van der Waals surface area (Å²) in [5.41, 5.74) is 11.8. The van der Waals surface area contributed by atoms with Crippen LogP contribution in [0.25, 0.3) is 105 Å². The van der Waals surface area contributed by atoms with Gasteiger partial charge in [0.05, 0.1) is 33.3 Å². The van der Waals surface area contributed by atoms with E-state index in [0.717, 1.165) is 66.5 Å². The Balaban J connectivity index is 1.14. The van der Waals surface area contributed by atoms with Gasteiger partial charge in [0.15, 0.2) is 0 Å². The fourth-order valence-electron chi connectivity index (χ4n) is 8.74. The Morgan fingerprint density at radius 1 is 0.483 bits per heavy atom. The van der Waals surface area contributed by atoms with Gasteiger partial charge in [0.1, 0.15) is 0 Å². The number of allylic oxidation sites excluding steroid dienone is 4. The van der Waals surface area contributed by atoms with Gasteiger partial charge in [0.25, 0.3) is 0 Å². The Bertz CT molecular complexity index is 3460. The van der Waals surface area contributed by atoms with Crippen molar-refractivity contribution in [1.29, 1.82) is 0 Å². The second kappa shape index (κ2) is 13.7. The molecule has 0 bridgehead atoms. The number of aromatic nitrogens is 4. The van der Waals surface area contributed by atoms with E-state index in [1.807, 2.05) is 24.3 Å². The second-order valence-electron chi connectivity index (χ2n) is 14.6. The number of hydrogen-bond acceptors (Lipinski definition) is 2. The van der Waals surface area contributed by atoms with Crippen molar-refractivity contribution < 1.29 is 0 Å². The maximum absolute atomic E-state index is 5.37. The van der Waals surface area contributed by atoms with Crippen LogP contribution in [0.5, 0.6) is 0 Å². The highest BCUT2D eigenvalue weighted by Crippen LogP contribution is 2.43. The first kappa shape index (κ1) is 33.5. The Hall–Kier alpha value is -7.82. The van der Waals surface area contributed by atoms with Crippen LogP contribution in [0.4, 0.5) is 0 Å². The van der Waals surface area contributed by atoms with Crippen molar-refractivity contribution in [3.63, 3.8) is 0 Å². The molecule has 0 amide bonds. The van der Waals surface area contributed by atoms with Crippen LogP contribution in [0.3, 0.4) is 0 Å². The van der Waals surface area contributed by atoms with Crippen LogP contribution in [0.1, 0.15) is 5.56 Å². The van der Waals surface area contributed by atoms with Gasteiger partial charge in [-0.1, -0.05) is 164 Å². The molecule has 58 heavy (non-hydrogen) atoms. The third kappa shape index (κ3) is 5.38. The molecule has 11 aromatic rings. The lowest BCUT2D eigenvalue weighted by Crippen LogP contribution is -2.03. The average Bonchev–Trinajstić information content (AvgIpc) is 3.80. The van der Waals surface area contributed by atoms with Crippen molar-refractivity contribution in [3.05, 3.63) is 212 Å². The predicted molar refractivity (Wildman–Crippen MR) is 245 cm³/mol. The Morgan fingerprint density at radius 3 is 1.91 bits per heavy atom. The van der Waals surface area contributed by atoms with E-state index < -0.39 is 0 Å². The van der Waals surface area contributed by atoms with Gasteiger partial charge in [-0.05, 0) is 75.5 Å². The third-order valence-electron chi connectivity index (χ3n) is 11.4. The van der Waals surface area contributed by atoms with Crippen molar-refractivity contribution >= 4 is 77.1 Å². The Morgan fingerprint density at radius 2 is 1.12 bits per heavy atom. The molecular formula is C54H36N4. The highest BCUT2D eigenvalue weighted by atomic mass is 15.2. The summed E-state index contributed by atoms with van der Waals surface area (Å²) in [5.74, 6) is 0.649. The van der Waals surface area contributed by atoms with Crippen molar-refractivity contribution in [2.24, 2.45) is 0 Å². The molecule has 0 saturated carbocycles. The minimum Gasteiger partial charge on any atom is -0.316 e. The molecule has 8 aromatic carbocycles. The van der Waals surface area contributed by atoms with Crippen molar-refractivity contribution in [2.75, 3.05) is 0 Å². The normalized spacial score (nSPS) is 12.2. The third-order valence-corrected chi connectivity index (χ3v) is 11.4. The van der Waals surface area contributed by atoms with Crippen LogP contribution >= 0.6 is 0 Å². The quantitative estimate of drug-likeness (QED) is 0.153. The van der Waals surface area contributed by atoms with Crippen molar-refractivity contribution in [2.45, 2.75) is 0 Å². The predicted octanol–water partition coefficient (Wildman–Crippen LogP) is 14.1. The first-order chi connectivity index (χ1) is 28.7. The number of rotatable bonds is 7. The van der Waals surface area contributed by atoms with E-state index in [2.05, 4.69) is 198 Å². The van der Waals surface area contributed by atoms with Crippen molar-refractivity contribution in [3.8, 4) is 28.3 Å². The molecule has 0 saturated heterocycles.